The number of Topliss-reactive ketones (excluding diaryl/α,β-unsaturated/α-hetero) is 1. The van der Waals surface area contributed by atoms with Crippen LogP contribution in [0.1, 0.15) is 28.0 Å². The molecular weight excluding hydrogens is 219 g/mol. The quantitative estimate of drug-likeness (QED) is 0.634. The maximum atomic E-state index is 13.1. The Hall–Kier alpha value is -1.47. The Labute approximate surface area is 90.5 Å². The first-order valence-electron chi connectivity index (χ1n) is 4.41. The van der Waals surface area contributed by atoms with Crippen molar-refractivity contribution in [3.63, 3.8) is 0 Å². The third-order valence-electron chi connectivity index (χ3n) is 2.36. The molecule has 0 saturated heterocycles. The van der Waals surface area contributed by atoms with E-state index in [0.717, 1.165) is 0 Å². The zero-order valence-corrected chi connectivity index (χ0v) is 8.38. The minimum atomic E-state index is -1.48. The van der Waals surface area contributed by atoms with Crippen molar-refractivity contribution in [3.05, 3.63) is 28.0 Å². The summed E-state index contributed by atoms with van der Waals surface area (Å²) in [6.45, 7) is 0. The van der Waals surface area contributed by atoms with Crippen LogP contribution in [0.2, 0.25) is 5.15 Å². The number of fused-ring (bicyclic) bond motifs is 1. The van der Waals surface area contributed by atoms with Gasteiger partial charge in [-0.25, -0.2) is 9.37 Å². The highest BCUT2D eigenvalue weighted by atomic mass is 35.5. The van der Waals surface area contributed by atoms with Crippen LogP contribution in [0.3, 0.4) is 0 Å². The lowest BCUT2D eigenvalue weighted by molar-refractivity contribution is 0.0854. The Kier molecular flexibility index (Phi) is 2.41. The van der Waals surface area contributed by atoms with Crippen LogP contribution in [0.5, 0.6) is 0 Å². The fourth-order valence-electron chi connectivity index (χ4n) is 1.57. The van der Waals surface area contributed by atoms with Crippen LogP contribution in [-0.4, -0.2) is 16.9 Å². The van der Waals surface area contributed by atoms with E-state index in [2.05, 4.69) is 4.98 Å². The van der Waals surface area contributed by atoms with Crippen LogP contribution < -0.4 is 0 Å². The van der Waals surface area contributed by atoms with Crippen LogP contribution in [0.15, 0.2) is 6.07 Å². The molecule has 0 amide bonds. The fourth-order valence-corrected chi connectivity index (χ4v) is 1.77. The normalized spacial score (nSPS) is 19.5. The summed E-state index contributed by atoms with van der Waals surface area (Å²) in [5.74, 6) is -0.600. The summed E-state index contributed by atoms with van der Waals surface area (Å²) >= 11 is 5.71. The van der Waals surface area contributed by atoms with Crippen LogP contribution >= 0.6 is 11.6 Å². The van der Waals surface area contributed by atoms with E-state index in [1.165, 1.54) is 6.07 Å². The van der Waals surface area contributed by atoms with Gasteiger partial charge in [0.15, 0.2) is 12.0 Å². The number of halogens is 2. The summed E-state index contributed by atoms with van der Waals surface area (Å²) in [7, 11) is 0. The summed E-state index contributed by atoms with van der Waals surface area (Å²) in [4.78, 5) is 15.4. The van der Waals surface area contributed by atoms with E-state index in [4.69, 9.17) is 16.9 Å². The van der Waals surface area contributed by atoms with Gasteiger partial charge in [-0.2, -0.15) is 5.26 Å². The van der Waals surface area contributed by atoms with Crippen LogP contribution in [-0.2, 0) is 6.42 Å². The molecule has 0 spiro atoms. The number of aromatic nitrogens is 1. The molecule has 3 nitrogen and oxygen atoms in total. The number of carbonyl (C=O) groups excluding carboxylic acids is 1. The van der Waals surface area contributed by atoms with Gasteiger partial charge < -0.3 is 0 Å². The minimum absolute atomic E-state index is 0.0707. The summed E-state index contributed by atoms with van der Waals surface area (Å²) in [6, 6.07) is 3.13. The standard InChI is InChI=1S/C10H6ClFN2O/c11-10-5(4-13)3-6-8(14-10)2-1-7(12)9(6)15/h3,7H,1-2H2. The Bertz CT molecular complexity index is 481. The number of nitriles is 1. The van der Waals surface area contributed by atoms with Gasteiger partial charge in [0.25, 0.3) is 0 Å². The number of rotatable bonds is 0. The van der Waals surface area contributed by atoms with Gasteiger partial charge in [-0.15, -0.1) is 0 Å². The van der Waals surface area contributed by atoms with Gasteiger partial charge in [0.1, 0.15) is 11.2 Å². The van der Waals surface area contributed by atoms with Crippen molar-refractivity contribution < 1.29 is 9.18 Å². The third-order valence-corrected chi connectivity index (χ3v) is 2.65. The van der Waals surface area contributed by atoms with Gasteiger partial charge in [-0.3, -0.25) is 4.79 Å². The number of pyridine rings is 1. The average molecular weight is 225 g/mol. The molecule has 1 aliphatic carbocycles. The smallest absolute Gasteiger partial charge is 0.198 e. The van der Waals surface area contributed by atoms with Gasteiger partial charge in [0, 0.05) is 5.56 Å². The van der Waals surface area contributed by atoms with Crippen molar-refractivity contribution in [1.82, 2.24) is 4.98 Å². The molecular formula is C10H6ClFN2O. The van der Waals surface area contributed by atoms with Crippen molar-refractivity contribution >= 4 is 17.4 Å². The molecule has 2 rings (SSSR count). The summed E-state index contributed by atoms with van der Waals surface area (Å²) in [5.41, 5.74) is 0.783. The van der Waals surface area contributed by atoms with Crippen LogP contribution in [0.4, 0.5) is 4.39 Å². The molecule has 0 radical (unpaired) electrons. The first kappa shape index (κ1) is 10.1. The molecule has 5 heteroatoms. The molecule has 1 atom stereocenters. The van der Waals surface area contributed by atoms with E-state index in [1.807, 2.05) is 6.07 Å². The predicted molar refractivity (Wildman–Crippen MR) is 51.5 cm³/mol. The van der Waals surface area contributed by atoms with E-state index in [-0.39, 0.29) is 22.7 Å². The summed E-state index contributed by atoms with van der Waals surface area (Å²) < 4.78 is 13.1. The monoisotopic (exact) mass is 224 g/mol. The van der Waals surface area contributed by atoms with E-state index in [9.17, 15) is 9.18 Å². The molecule has 0 aliphatic heterocycles. The highest BCUT2D eigenvalue weighted by Crippen LogP contribution is 2.25. The lowest BCUT2D eigenvalue weighted by Crippen LogP contribution is -2.24. The third kappa shape index (κ3) is 1.59. The molecule has 0 fully saturated rings. The molecule has 1 aliphatic rings. The molecule has 0 saturated carbocycles. The molecule has 76 valence electrons. The number of hydrogen-bond donors (Lipinski definition) is 0. The molecule has 1 aromatic rings. The molecule has 0 bridgehead atoms. The lowest BCUT2D eigenvalue weighted by atomic mass is 9.92. The summed E-state index contributed by atoms with van der Waals surface area (Å²) in [6.07, 6.45) is -0.957. The summed E-state index contributed by atoms with van der Waals surface area (Å²) in [5, 5.41) is 8.76. The Morgan fingerprint density at radius 3 is 3.07 bits per heavy atom. The maximum absolute atomic E-state index is 13.1. The molecule has 0 N–H and O–H groups in total. The zero-order valence-electron chi connectivity index (χ0n) is 7.63. The Balaban J connectivity index is 2.59. The second kappa shape index (κ2) is 3.59. The molecule has 0 aromatic carbocycles. The molecule has 1 aromatic heterocycles. The minimum Gasteiger partial charge on any atom is -0.291 e. The number of carbonyl (C=O) groups is 1. The topological polar surface area (TPSA) is 53.8 Å². The Morgan fingerprint density at radius 1 is 1.67 bits per heavy atom. The number of alkyl halides is 1. The highest BCUT2D eigenvalue weighted by Gasteiger charge is 2.29. The fraction of sp³-hybridized carbons (Fsp3) is 0.300. The van der Waals surface area contributed by atoms with Gasteiger partial charge in [0.2, 0.25) is 0 Å². The average Bonchev–Trinajstić information content (AvgIpc) is 2.23. The predicted octanol–water partition coefficient (Wildman–Crippen LogP) is 2.07. The zero-order chi connectivity index (χ0) is 11.0. The maximum Gasteiger partial charge on any atom is 0.198 e. The second-order valence-corrected chi connectivity index (χ2v) is 3.66. The van der Waals surface area contributed by atoms with Gasteiger partial charge in [-0.1, -0.05) is 11.6 Å². The first-order valence-corrected chi connectivity index (χ1v) is 4.79. The van der Waals surface area contributed by atoms with E-state index in [1.54, 1.807) is 0 Å². The van der Waals surface area contributed by atoms with Crippen LogP contribution in [0.25, 0.3) is 0 Å². The molecule has 15 heavy (non-hydrogen) atoms. The van der Waals surface area contributed by atoms with Crippen molar-refractivity contribution in [3.8, 4) is 6.07 Å². The van der Waals surface area contributed by atoms with Crippen molar-refractivity contribution in [2.45, 2.75) is 19.0 Å². The first-order chi connectivity index (χ1) is 7.13. The molecule has 1 unspecified atom stereocenters. The number of hydrogen-bond acceptors (Lipinski definition) is 3. The second-order valence-electron chi connectivity index (χ2n) is 3.30. The van der Waals surface area contributed by atoms with Gasteiger partial charge in [-0.05, 0) is 18.9 Å². The van der Waals surface area contributed by atoms with E-state index < -0.39 is 12.0 Å². The number of ketones is 1. The highest BCUT2D eigenvalue weighted by molar-refractivity contribution is 6.30. The van der Waals surface area contributed by atoms with Crippen LogP contribution in [0, 0.1) is 11.3 Å². The van der Waals surface area contributed by atoms with Gasteiger partial charge in [0.05, 0.1) is 11.3 Å². The van der Waals surface area contributed by atoms with E-state index in [0.29, 0.717) is 12.1 Å². The molecule has 1 heterocycles. The van der Waals surface area contributed by atoms with Gasteiger partial charge >= 0.3 is 0 Å². The lowest BCUT2D eigenvalue weighted by Gasteiger charge is -2.17. The Morgan fingerprint density at radius 2 is 2.40 bits per heavy atom. The van der Waals surface area contributed by atoms with E-state index >= 15 is 0 Å². The van der Waals surface area contributed by atoms with Crippen molar-refractivity contribution in [2.24, 2.45) is 0 Å². The number of aryl methyl sites for hydroxylation is 1. The van der Waals surface area contributed by atoms with Crippen molar-refractivity contribution in [2.75, 3.05) is 0 Å². The SMILES string of the molecule is N#Cc1cc2c(nc1Cl)CCC(F)C2=O. The number of nitrogens with zero attached hydrogens (tertiary/aromatic N) is 2. The largest absolute Gasteiger partial charge is 0.291 e. The van der Waals surface area contributed by atoms with Crippen molar-refractivity contribution in [1.29, 1.82) is 5.26 Å².